The molecule has 5 heteroatoms. The van der Waals surface area contributed by atoms with Crippen molar-refractivity contribution >= 4 is 46.4 Å². The molecule has 1 N–H and O–H groups in total. The summed E-state index contributed by atoms with van der Waals surface area (Å²) in [6, 6.07) is 10.1. The van der Waals surface area contributed by atoms with E-state index in [0.29, 0.717) is 26.3 Å². The van der Waals surface area contributed by atoms with E-state index in [4.69, 9.17) is 34.8 Å². The minimum Gasteiger partial charge on any atom is -0.321 e. The van der Waals surface area contributed by atoms with Crippen LogP contribution in [0.3, 0.4) is 0 Å². The zero-order valence-electron chi connectivity index (χ0n) is 10.0. The average Bonchev–Trinajstić information content (AvgIpc) is 2.37. The summed E-state index contributed by atoms with van der Waals surface area (Å²) >= 11 is 17.7. The highest BCUT2D eigenvalue weighted by atomic mass is 35.5. The fourth-order valence-corrected chi connectivity index (χ4v) is 2.03. The number of amides is 1. The first-order chi connectivity index (χ1) is 8.97. The number of hydrogen-bond acceptors (Lipinski definition) is 1. The molecule has 98 valence electrons. The number of hydrogen-bond donors (Lipinski definition) is 1. The van der Waals surface area contributed by atoms with Gasteiger partial charge in [-0.15, -0.1) is 0 Å². The minimum absolute atomic E-state index is 0.286. The zero-order valence-corrected chi connectivity index (χ0v) is 12.3. The Hall–Kier alpha value is -1.22. The molecule has 0 fully saturated rings. The molecule has 0 spiro atoms. The molecule has 0 aliphatic carbocycles. The highest BCUT2D eigenvalue weighted by Gasteiger charge is 2.10. The molecule has 1 amide bonds. The summed E-state index contributed by atoms with van der Waals surface area (Å²) in [7, 11) is 0. The van der Waals surface area contributed by atoms with E-state index >= 15 is 0 Å². The summed E-state index contributed by atoms with van der Waals surface area (Å²) < 4.78 is 0. The lowest BCUT2D eigenvalue weighted by Crippen LogP contribution is -2.12. The van der Waals surface area contributed by atoms with Crippen LogP contribution in [0.15, 0.2) is 36.4 Å². The third kappa shape index (κ3) is 3.41. The molecule has 0 radical (unpaired) electrons. The van der Waals surface area contributed by atoms with Gasteiger partial charge in [0.1, 0.15) is 0 Å². The number of aryl methyl sites for hydroxylation is 1. The first kappa shape index (κ1) is 14.2. The molecule has 2 nitrogen and oxygen atoms in total. The number of benzene rings is 2. The largest absolute Gasteiger partial charge is 0.321 e. The van der Waals surface area contributed by atoms with Crippen LogP contribution >= 0.6 is 34.8 Å². The van der Waals surface area contributed by atoms with Crippen molar-refractivity contribution in [2.24, 2.45) is 0 Å². The number of carbonyl (C=O) groups is 1. The van der Waals surface area contributed by atoms with Gasteiger partial charge in [-0.3, -0.25) is 4.79 Å². The van der Waals surface area contributed by atoms with E-state index in [-0.39, 0.29) is 5.91 Å². The molecule has 0 unspecified atom stereocenters. The van der Waals surface area contributed by atoms with Crippen molar-refractivity contribution in [3.05, 3.63) is 62.6 Å². The number of halogens is 3. The Kier molecular flexibility index (Phi) is 4.35. The van der Waals surface area contributed by atoms with Gasteiger partial charge in [-0.1, -0.05) is 40.9 Å². The van der Waals surface area contributed by atoms with E-state index in [0.717, 1.165) is 5.56 Å². The van der Waals surface area contributed by atoms with Gasteiger partial charge in [-0.05, 0) is 42.8 Å². The van der Waals surface area contributed by atoms with Gasteiger partial charge >= 0.3 is 0 Å². The van der Waals surface area contributed by atoms with Crippen LogP contribution in [0.1, 0.15) is 15.9 Å². The smallest absolute Gasteiger partial charge is 0.255 e. The lowest BCUT2D eigenvalue weighted by atomic mass is 10.2. The number of nitrogens with one attached hydrogen (secondary N) is 1. The van der Waals surface area contributed by atoms with Crippen LogP contribution in [-0.4, -0.2) is 5.91 Å². The van der Waals surface area contributed by atoms with Crippen molar-refractivity contribution < 1.29 is 4.79 Å². The van der Waals surface area contributed by atoms with E-state index in [2.05, 4.69) is 5.32 Å². The second kappa shape index (κ2) is 5.83. The quantitative estimate of drug-likeness (QED) is 0.810. The first-order valence-electron chi connectivity index (χ1n) is 5.50. The number of rotatable bonds is 2. The first-order valence-corrected chi connectivity index (χ1v) is 6.63. The predicted molar refractivity (Wildman–Crippen MR) is 80.6 cm³/mol. The molecule has 19 heavy (non-hydrogen) atoms. The van der Waals surface area contributed by atoms with E-state index in [9.17, 15) is 4.79 Å². The van der Waals surface area contributed by atoms with Crippen molar-refractivity contribution in [1.29, 1.82) is 0 Å². The summed E-state index contributed by atoms with van der Waals surface area (Å²) in [6.45, 7) is 1.92. The Morgan fingerprint density at radius 2 is 1.63 bits per heavy atom. The van der Waals surface area contributed by atoms with Crippen molar-refractivity contribution in [2.75, 3.05) is 5.32 Å². The Labute approximate surface area is 126 Å². The molecule has 2 aromatic carbocycles. The van der Waals surface area contributed by atoms with Crippen LogP contribution in [0.5, 0.6) is 0 Å². The molecule has 2 rings (SSSR count). The van der Waals surface area contributed by atoms with Gasteiger partial charge < -0.3 is 5.32 Å². The maximum Gasteiger partial charge on any atom is 0.255 e. The van der Waals surface area contributed by atoms with Crippen LogP contribution in [0, 0.1) is 6.92 Å². The van der Waals surface area contributed by atoms with Crippen LogP contribution < -0.4 is 5.32 Å². The fraction of sp³-hybridized carbons (Fsp3) is 0.0714. The van der Waals surface area contributed by atoms with Gasteiger partial charge in [0.25, 0.3) is 5.91 Å². The molecular formula is C14H10Cl3NO. The second-order valence-electron chi connectivity index (χ2n) is 4.07. The van der Waals surface area contributed by atoms with Gasteiger partial charge in [0.2, 0.25) is 0 Å². The Morgan fingerprint density at radius 1 is 0.947 bits per heavy atom. The van der Waals surface area contributed by atoms with Crippen LogP contribution in [0.4, 0.5) is 5.69 Å². The van der Waals surface area contributed by atoms with Crippen molar-refractivity contribution in [2.45, 2.75) is 6.92 Å². The van der Waals surface area contributed by atoms with Crippen molar-refractivity contribution in [3.8, 4) is 0 Å². The molecular weight excluding hydrogens is 305 g/mol. The molecule has 0 aliphatic heterocycles. The molecule has 0 saturated carbocycles. The maximum atomic E-state index is 12.1. The van der Waals surface area contributed by atoms with Gasteiger partial charge in [0.15, 0.2) is 0 Å². The third-order valence-electron chi connectivity index (χ3n) is 2.55. The van der Waals surface area contributed by atoms with E-state index in [1.54, 1.807) is 24.3 Å². The summed E-state index contributed by atoms with van der Waals surface area (Å²) in [6.07, 6.45) is 0. The van der Waals surface area contributed by atoms with E-state index < -0.39 is 0 Å². The topological polar surface area (TPSA) is 29.1 Å². The SMILES string of the molecule is Cc1ccc(Cl)c(NC(=O)c2ccc(Cl)c(Cl)c2)c1. The van der Waals surface area contributed by atoms with Gasteiger partial charge in [-0.2, -0.15) is 0 Å². The monoisotopic (exact) mass is 313 g/mol. The molecule has 0 atom stereocenters. The summed E-state index contributed by atoms with van der Waals surface area (Å²) in [5.41, 5.74) is 2.00. The molecule has 0 bridgehead atoms. The molecule has 0 saturated heterocycles. The average molecular weight is 315 g/mol. The highest BCUT2D eigenvalue weighted by molar-refractivity contribution is 6.42. The van der Waals surface area contributed by atoms with Crippen molar-refractivity contribution in [1.82, 2.24) is 0 Å². The minimum atomic E-state index is -0.286. The highest BCUT2D eigenvalue weighted by Crippen LogP contribution is 2.25. The van der Waals surface area contributed by atoms with Crippen LogP contribution in [0.25, 0.3) is 0 Å². The second-order valence-corrected chi connectivity index (χ2v) is 5.29. The van der Waals surface area contributed by atoms with Gasteiger partial charge in [0, 0.05) is 5.56 Å². The third-order valence-corrected chi connectivity index (χ3v) is 3.62. The molecule has 0 heterocycles. The molecule has 0 aliphatic rings. The zero-order chi connectivity index (χ0) is 14.0. The Morgan fingerprint density at radius 3 is 2.32 bits per heavy atom. The van der Waals surface area contributed by atoms with E-state index in [1.165, 1.54) is 6.07 Å². The molecule has 2 aromatic rings. The van der Waals surface area contributed by atoms with Gasteiger partial charge in [0.05, 0.1) is 20.8 Å². The van der Waals surface area contributed by atoms with Crippen molar-refractivity contribution in [3.63, 3.8) is 0 Å². The summed E-state index contributed by atoms with van der Waals surface area (Å²) in [5, 5.41) is 3.97. The summed E-state index contributed by atoms with van der Waals surface area (Å²) in [4.78, 5) is 12.1. The lowest BCUT2D eigenvalue weighted by molar-refractivity contribution is 0.102. The van der Waals surface area contributed by atoms with Crippen LogP contribution in [0.2, 0.25) is 15.1 Å². The van der Waals surface area contributed by atoms with Crippen LogP contribution in [-0.2, 0) is 0 Å². The number of carbonyl (C=O) groups excluding carboxylic acids is 1. The standard InChI is InChI=1S/C14H10Cl3NO/c1-8-2-4-11(16)13(6-8)18-14(19)9-3-5-10(15)12(17)7-9/h2-7H,1H3,(H,18,19). The maximum absolute atomic E-state index is 12.1. The lowest BCUT2D eigenvalue weighted by Gasteiger charge is -2.08. The normalized spacial score (nSPS) is 10.3. The predicted octanol–water partition coefficient (Wildman–Crippen LogP) is 5.21. The number of anilines is 1. The summed E-state index contributed by atoms with van der Waals surface area (Å²) in [5.74, 6) is -0.286. The van der Waals surface area contributed by atoms with Gasteiger partial charge in [-0.25, -0.2) is 0 Å². The molecule has 0 aromatic heterocycles. The Balaban J connectivity index is 2.25. The fourth-order valence-electron chi connectivity index (χ4n) is 1.57. The Bertz CT molecular complexity index is 641. The van der Waals surface area contributed by atoms with E-state index in [1.807, 2.05) is 13.0 Å².